The molecule has 0 unspecified atom stereocenters. The Kier molecular flexibility index (Phi) is 7.69. The van der Waals surface area contributed by atoms with Crippen LogP contribution in [0.15, 0.2) is 59.4 Å². The minimum Gasteiger partial charge on any atom is -0.384 e. The van der Waals surface area contributed by atoms with Crippen LogP contribution in [0, 0.1) is 5.41 Å². The highest BCUT2D eigenvalue weighted by molar-refractivity contribution is 7.86. The van der Waals surface area contributed by atoms with Crippen LogP contribution in [-0.2, 0) is 16.7 Å². The molecule has 1 aliphatic heterocycles. The zero-order chi connectivity index (χ0) is 25.0. The summed E-state index contributed by atoms with van der Waals surface area (Å²) < 4.78 is 33.7. The first-order chi connectivity index (χ1) is 16.7. The van der Waals surface area contributed by atoms with E-state index in [0.717, 1.165) is 42.3 Å². The van der Waals surface area contributed by atoms with Gasteiger partial charge in [-0.2, -0.15) is 8.42 Å². The molecule has 1 fully saturated rings. The zero-order valence-electron chi connectivity index (χ0n) is 19.7. The van der Waals surface area contributed by atoms with Gasteiger partial charge in [-0.15, -0.1) is 0 Å². The number of benzene rings is 2. The summed E-state index contributed by atoms with van der Waals surface area (Å²) in [6, 6.07) is 17.0. The first-order valence-electron chi connectivity index (χ1n) is 12.0. The van der Waals surface area contributed by atoms with E-state index in [4.69, 9.17) is 11.1 Å². The second kappa shape index (κ2) is 10.7. The van der Waals surface area contributed by atoms with Crippen LogP contribution < -0.4 is 11.3 Å². The maximum Gasteiger partial charge on any atom is 0.267 e. The smallest absolute Gasteiger partial charge is 0.267 e. The molecule has 1 aromatic heterocycles. The lowest BCUT2D eigenvalue weighted by Gasteiger charge is -2.30. The fourth-order valence-electron chi connectivity index (χ4n) is 4.82. The number of nitrogen functional groups attached to an aromatic ring is 1. The van der Waals surface area contributed by atoms with Crippen LogP contribution in [0.2, 0.25) is 0 Å². The molecule has 4 N–H and O–H groups in total. The number of nitrogens with two attached hydrogens (primary N) is 1. The number of amidine groups is 1. The lowest BCUT2D eigenvalue weighted by atomic mass is 10.0. The van der Waals surface area contributed by atoms with Crippen molar-refractivity contribution in [3.8, 4) is 11.1 Å². The van der Waals surface area contributed by atoms with Gasteiger partial charge in [0.1, 0.15) is 5.84 Å². The van der Waals surface area contributed by atoms with E-state index in [2.05, 4.69) is 4.90 Å². The molecule has 8 nitrogen and oxygen atoms in total. The molecule has 0 saturated carbocycles. The van der Waals surface area contributed by atoms with Gasteiger partial charge >= 0.3 is 0 Å². The number of aryl methyl sites for hydroxylation is 1. The second-order valence-corrected chi connectivity index (χ2v) is 10.9. The van der Waals surface area contributed by atoms with E-state index in [9.17, 15) is 17.8 Å². The quantitative estimate of drug-likeness (QED) is 0.180. The fraction of sp³-hybridized carbons (Fsp3) is 0.385. The van der Waals surface area contributed by atoms with Gasteiger partial charge in [-0.05, 0) is 74.5 Å². The third kappa shape index (κ3) is 5.98. The van der Waals surface area contributed by atoms with Crippen molar-refractivity contribution >= 4 is 26.9 Å². The summed E-state index contributed by atoms with van der Waals surface area (Å²) in [7, 11) is -3.94. The molecule has 0 bridgehead atoms. The summed E-state index contributed by atoms with van der Waals surface area (Å²) in [6.45, 7) is 2.84. The van der Waals surface area contributed by atoms with Crippen LogP contribution in [0.4, 0.5) is 0 Å². The minimum atomic E-state index is -3.94. The molecule has 0 amide bonds. The average molecular weight is 497 g/mol. The van der Waals surface area contributed by atoms with E-state index in [0.29, 0.717) is 43.6 Å². The third-order valence-electron chi connectivity index (χ3n) is 6.80. The Hall–Kier alpha value is -3.01. The average Bonchev–Trinajstić information content (AvgIpc) is 2.84. The van der Waals surface area contributed by atoms with Crippen LogP contribution in [-0.4, -0.2) is 53.2 Å². The van der Waals surface area contributed by atoms with E-state index in [1.807, 2.05) is 47.0 Å². The van der Waals surface area contributed by atoms with Crippen molar-refractivity contribution < 1.29 is 13.0 Å². The molecule has 0 spiro atoms. The van der Waals surface area contributed by atoms with Crippen molar-refractivity contribution in [1.29, 1.82) is 5.41 Å². The molecular weight excluding hydrogens is 464 g/mol. The van der Waals surface area contributed by atoms with Crippen molar-refractivity contribution in [3.63, 3.8) is 0 Å². The molecule has 4 rings (SSSR count). The van der Waals surface area contributed by atoms with Crippen molar-refractivity contribution in [1.82, 2.24) is 9.47 Å². The van der Waals surface area contributed by atoms with Gasteiger partial charge in [0, 0.05) is 17.7 Å². The van der Waals surface area contributed by atoms with Gasteiger partial charge in [-0.1, -0.05) is 42.8 Å². The van der Waals surface area contributed by atoms with Crippen LogP contribution in [0.25, 0.3) is 22.0 Å². The highest BCUT2D eigenvalue weighted by Crippen LogP contribution is 2.23. The standard InChI is InChI=1S/C26H32N4O4S/c27-25(28)21-9-6-8-19(17-21)23-18-20-7-2-3-10-24(20)30(26(23)31)14-5-1-4-13-29-15-11-22(12-16-29)35(32,33)34/h2-3,6-10,17-18,22H,1,4-5,11-16H2,(H3,27,28)(H,32,33,34). The number of pyridine rings is 1. The van der Waals surface area contributed by atoms with Crippen LogP contribution in [0.1, 0.15) is 37.7 Å². The molecule has 0 aliphatic carbocycles. The number of fused-ring (bicyclic) bond motifs is 1. The SMILES string of the molecule is N=C(N)c1cccc(-c2cc3ccccc3n(CCCCCN3CCC(S(=O)(=O)O)CC3)c2=O)c1. The lowest BCUT2D eigenvalue weighted by molar-refractivity contribution is 0.222. The maximum absolute atomic E-state index is 13.5. The normalized spacial score (nSPS) is 15.5. The van der Waals surface area contributed by atoms with Crippen LogP contribution >= 0.6 is 0 Å². The Balaban J connectivity index is 1.43. The molecule has 0 radical (unpaired) electrons. The number of likely N-dealkylation sites (tertiary alicyclic amines) is 1. The van der Waals surface area contributed by atoms with Gasteiger partial charge in [0.15, 0.2) is 0 Å². The summed E-state index contributed by atoms with van der Waals surface area (Å²) in [5.74, 6) is -0.0322. The second-order valence-electron chi connectivity index (χ2n) is 9.18. The van der Waals surface area contributed by atoms with Gasteiger partial charge < -0.3 is 15.2 Å². The molecule has 9 heteroatoms. The van der Waals surface area contributed by atoms with Gasteiger partial charge in [0.2, 0.25) is 0 Å². The van der Waals surface area contributed by atoms with Crippen molar-refractivity contribution in [2.24, 2.45) is 5.73 Å². The number of unbranched alkanes of at least 4 members (excludes halogenated alkanes) is 2. The minimum absolute atomic E-state index is 0.0322. The molecule has 2 heterocycles. The lowest BCUT2D eigenvalue weighted by Crippen LogP contribution is -2.39. The Bertz CT molecular complexity index is 1380. The summed E-state index contributed by atoms with van der Waals surface area (Å²) in [5, 5.41) is 8.06. The van der Waals surface area contributed by atoms with Crippen molar-refractivity contribution in [3.05, 3.63) is 70.5 Å². The molecule has 1 saturated heterocycles. The number of aromatic nitrogens is 1. The van der Waals surface area contributed by atoms with E-state index in [-0.39, 0.29) is 11.4 Å². The Morgan fingerprint density at radius 1 is 1.00 bits per heavy atom. The van der Waals surface area contributed by atoms with Crippen molar-refractivity contribution in [2.45, 2.75) is 43.9 Å². The van der Waals surface area contributed by atoms with Gasteiger partial charge in [-0.25, -0.2) is 0 Å². The van der Waals surface area contributed by atoms with Crippen molar-refractivity contribution in [2.75, 3.05) is 19.6 Å². The van der Waals surface area contributed by atoms with Gasteiger partial charge in [0.25, 0.3) is 15.7 Å². The zero-order valence-corrected chi connectivity index (χ0v) is 20.5. The number of para-hydroxylation sites is 1. The molecule has 35 heavy (non-hydrogen) atoms. The summed E-state index contributed by atoms with van der Waals surface area (Å²) in [4.78, 5) is 15.7. The maximum atomic E-state index is 13.5. The summed E-state index contributed by atoms with van der Waals surface area (Å²) in [6.07, 6.45) is 3.70. The Morgan fingerprint density at radius 2 is 1.71 bits per heavy atom. The number of nitrogens with one attached hydrogen (secondary N) is 1. The monoisotopic (exact) mass is 496 g/mol. The number of hydrogen-bond donors (Lipinski definition) is 3. The number of nitrogens with zero attached hydrogens (tertiary/aromatic N) is 2. The summed E-state index contributed by atoms with van der Waals surface area (Å²) in [5.41, 5.74) is 8.41. The molecule has 2 aromatic carbocycles. The molecular formula is C26H32N4O4S. The molecule has 186 valence electrons. The van der Waals surface area contributed by atoms with E-state index in [1.165, 1.54) is 0 Å². The first-order valence-corrected chi connectivity index (χ1v) is 13.5. The largest absolute Gasteiger partial charge is 0.384 e. The Morgan fingerprint density at radius 3 is 2.43 bits per heavy atom. The molecule has 3 aromatic rings. The topological polar surface area (TPSA) is 129 Å². The highest BCUT2D eigenvalue weighted by Gasteiger charge is 2.27. The Labute approximate surface area is 205 Å². The number of hydrogen-bond acceptors (Lipinski definition) is 5. The highest BCUT2D eigenvalue weighted by atomic mass is 32.2. The predicted molar refractivity (Wildman–Crippen MR) is 140 cm³/mol. The first kappa shape index (κ1) is 25.1. The van der Waals surface area contributed by atoms with Gasteiger partial charge in [-0.3, -0.25) is 14.8 Å². The molecule has 0 atom stereocenters. The number of rotatable bonds is 9. The van der Waals surface area contributed by atoms with Crippen LogP contribution in [0.5, 0.6) is 0 Å². The van der Waals surface area contributed by atoms with Gasteiger partial charge in [0.05, 0.1) is 10.8 Å². The predicted octanol–water partition coefficient (Wildman–Crippen LogP) is 3.48. The summed E-state index contributed by atoms with van der Waals surface area (Å²) >= 11 is 0. The van der Waals surface area contributed by atoms with E-state index in [1.54, 1.807) is 12.1 Å². The third-order valence-corrected chi connectivity index (χ3v) is 8.11. The van der Waals surface area contributed by atoms with E-state index >= 15 is 0 Å². The number of piperidine rings is 1. The molecule has 1 aliphatic rings. The van der Waals surface area contributed by atoms with Crippen LogP contribution in [0.3, 0.4) is 0 Å². The van der Waals surface area contributed by atoms with E-state index < -0.39 is 15.4 Å². The fourth-order valence-corrected chi connectivity index (χ4v) is 5.63.